The molecule has 0 radical (unpaired) electrons. The molecule has 0 spiro atoms. The minimum absolute atomic E-state index is 0.146. The number of aliphatic hydroxyl groups is 1. The summed E-state index contributed by atoms with van der Waals surface area (Å²) in [6.45, 7) is 6.44. The van der Waals surface area contributed by atoms with E-state index in [4.69, 9.17) is 9.84 Å². The topological polar surface area (TPSA) is 70.1 Å². The van der Waals surface area contributed by atoms with Crippen molar-refractivity contribution in [2.45, 2.75) is 26.7 Å². The van der Waals surface area contributed by atoms with E-state index in [1.165, 1.54) is 8.61 Å². The van der Waals surface area contributed by atoms with Gasteiger partial charge in [-0.3, -0.25) is 0 Å². The predicted octanol–water partition coefficient (Wildman–Crippen LogP) is 0.540. The molecule has 0 aromatic heterocycles. The van der Waals surface area contributed by atoms with Crippen LogP contribution in [0.5, 0.6) is 0 Å². The molecule has 1 aliphatic rings. The zero-order chi connectivity index (χ0) is 15.2. The molecule has 0 unspecified atom stereocenters. The van der Waals surface area contributed by atoms with Gasteiger partial charge < -0.3 is 9.84 Å². The molecule has 1 aliphatic heterocycles. The Kier molecular flexibility index (Phi) is 7.39. The van der Waals surface area contributed by atoms with Crippen LogP contribution in [0, 0.1) is 11.8 Å². The van der Waals surface area contributed by atoms with Gasteiger partial charge in [-0.05, 0) is 24.7 Å². The summed E-state index contributed by atoms with van der Waals surface area (Å²) in [6.07, 6.45) is 1.46. The summed E-state index contributed by atoms with van der Waals surface area (Å²) < 4.78 is 33.4. The lowest BCUT2D eigenvalue weighted by atomic mass is 10.00. The number of aliphatic hydroxyl groups excluding tert-OH is 1. The van der Waals surface area contributed by atoms with Gasteiger partial charge in [0.05, 0.1) is 6.61 Å². The first kappa shape index (κ1) is 17.8. The Morgan fingerprint density at radius 3 is 2.40 bits per heavy atom. The van der Waals surface area contributed by atoms with E-state index >= 15 is 0 Å². The van der Waals surface area contributed by atoms with E-state index in [9.17, 15) is 8.42 Å². The Hall–Kier alpha value is -0.210. The molecule has 120 valence electrons. The van der Waals surface area contributed by atoms with E-state index in [-0.39, 0.29) is 18.4 Å². The van der Waals surface area contributed by atoms with Gasteiger partial charge >= 0.3 is 0 Å². The second-order valence-electron chi connectivity index (χ2n) is 5.78. The minimum Gasteiger partial charge on any atom is -0.396 e. The summed E-state index contributed by atoms with van der Waals surface area (Å²) in [4.78, 5) is 0. The molecule has 1 N–H and O–H groups in total. The molecule has 6 nitrogen and oxygen atoms in total. The van der Waals surface area contributed by atoms with Crippen LogP contribution in [-0.4, -0.2) is 68.6 Å². The quantitative estimate of drug-likeness (QED) is 0.710. The molecule has 0 aliphatic carbocycles. The van der Waals surface area contributed by atoms with Crippen LogP contribution in [0.15, 0.2) is 0 Å². The van der Waals surface area contributed by atoms with E-state index in [0.717, 1.165) is 12.8 Å². The number of hydrogen-bond acceptors (Lipinski definition) is 4. The van der Waals surface area contributed by atoms with Crippen LogP contribution in [-0.2, 0) is 14.9 Å². The molecule has 1 fully saturated rings. The molecule has 0 atom stereocenters. The van der Waals surface area contributed by atoms with Gasteiger partial charge in [0.2, 0.25) is 0 Å². The fraction of sp³-hybridized carbons (Fsp3) is 1.00. The molecule has 1 saturated heterocycles. The normalized spacial score (nSPS) is 19.1. The van der Waals surface area contributed by atoms with Gasteiger partial charge in [0.25, 0.3) is 10.2 Å². The molecule has 0 amide bonds. The Balaban J connectivity index is 2.71. The van der Waals surface area contributed by atoms with Crippen molar-refractivity contribution >= 4 is 10.2 Å². The van der Waals surface area contributed by atoms with Crippen LogP contribution in [0.2, 0.25) is 0 Å². The van der Waals surface area contributed by atoms with Crippen LogP contribution < -0.4 is 0 Å². The molecule has 0 aromatic carbocycles. The van der Waals surface area contributed by atoms with E-state index < -0.39 is 10.2 Å². The van der Waals surface area contributed by atoms with Crippen molar-refractivity contribution in [2.24, 2.45) is 11.8 Å². The van der Waals surface area contributed by atoms with Crippen molar-refractivity contribution < 1.29 is 18.3 Å². The zero-order valence-corrected chi connectivity index (χ0v) is 13.6. The highest BCUT2D eigenvalue weighted by atomic mass is 32.2. The zero-order valence-electron chi connectivity index (χ0n) is 12.8. The van der Waals surface area contributed by atoms with Crippen molar-refractivity contribution in [2.75, 3.05) is 46.5 Å². The maximum absolute atomic E-state index is 12.7. The standard InChI is InChI=1S/C13H28N2O4S/c1-12(2)10-15(8-9-19-3)20(17,18)14-6-4-13(11-16)5-7-14/h12-13,16H,4-11H2,1-3H3. The van der Waals surface area contributed by atoms with Gasteiger partial charge in [-0.15, -0.1) is 0 Å². The van der Waals surface area contributed by atoms with Gasteiger partial charge in [0.15, 0.2) is 0 Å². The van der Waals surface area contributed by atoms with Crippen LogP contribution in [0.4, 0.5) is 0 Å². The van der Waals surface area contributed by atoms with Crippen molar-refractivity contribution in [3.05, 3.63) is 0 Å². The third-order valence-corrected chi connectivity index (χ3v) is 5.60. The number of ether oxygens (including phenoxy) is 1. The lowest BCUT2D eigenvalue weighted by Crippen LogP contribution is -2.49. The lowest BCUT2D eigenvalue weighted by molar-refractivity contribution is 0.155. The Bertz CT molecular complexity index is 365. The number of nitrogens with zero attached hydrogens (tertiary/aromatic N) is 2. The maximum Gasteiger partial charge on any atom is 0.282 e. The van der Waals surface area contributed by atoms with E-state index in [2.05, 4.69) is 0 Å². The van der Waals surface area contributed by atoms with E-state index in [0.29, 0.717) is 32.8 Å². The summed E-state index contributed by atoms with van der Waals surface area (Å²) in [5.41, 5.74) is 0. The molecule has 0 bridgehead atoms. The number of methoxy groups -OCH3 is 1. The summed E-state index contributed by atoms with van der Waals surface area (Å²) in [5.74, 6) is 0.510. The summed E-state index contributed by atoms with van der Waals surface area (Å²) >= 11 is 0. The highest BCUT2D eigenvalue weighted by Gasteiger charge is 2.32. The monoisotopic (exact) mass is 308 g/mol. The average Bonchev–Trinajstić information content (AvgIpc) is 2.43. The summed E-state index contributed by atoms with van der Waals surface area (Å²) in [5, 5.41) is 9.13. The average molecular weight is 308 g/mol. The summed E-state index contributed by atoms with van der Waals surface area (Å²) in [7, 11) is -1.84. The second kappa shape index (κ2) is 8.29. The van der Waals surface area contributed by atoms with Crippen LogP contribution in [0.3, 0.4) is 0 Å². The molecule has 0 saturated carbocycles. The molecule has 20 heavy (non-hydrogen) atoms. The lowest BCUT2D eigenvalue weighted by Gasteiger charge is -2.35. The first-order valence-electron chi connectivity index (χ1n) is 7.26. The van der Waals surface area contributed by atoms with E-state index in [1.807, 2.05) is 13.8 Å². The molecular weight excluding hydrogens is 280 g/mol. The molecule has 1 rings (SSSR count). The van der Waals surface area contributed by atoms with Crippen molar-refractivity contribution in [1.29, 1.82) is 0 Å². The molecule has 0 aromatic rings. The fourth-order valence-electron chi connectivity index (χ4n) is 2.39. The van der Waals surface area contributed by atoms with Gasteiger partial charge in [-0.2, -0.15) is 17.0 Å². The molecule has 1 heterocycles. The number of hydrogen-bond donors (Lipinski definition) is 1. The SMILES string of the molecule is COCCN(CC(C)C)S(=O)(=O)N1CCC(CO)CC1. The van der Waals surface area contributed by atoms with Crippen LogP contribution in [0.25, 0.3) is 0 Å². The predicted molar refractivity (Wildman–Crippen MR) is 78.6 cm³/mol. The van der Waals surface area contributed by atoms with Crippen LogP contribution in [0.1, 0.15) is 26.7 Å². The van der Waals surface area contributed by atoms with Gasteiger partial charge in [-0.1, -0.05) is 13.8 Å². The number of piperidine rings is 1. The Morgan fingerprint density at radius 1 is 1.35 bits per heavy atom. The third kappa shape index (κ3) is 4.96. The third-order valence-electron chi connectivity index (χ3n) is 3.60. The Labute approximate surface area is 122 Å². The van der Waals surface area contributed by atoms with Gasteiger partial charge in [0, 0.05) is 39.9 Å². The van der Waals surface area contributed by atoms with Crippen molar-refractivity contribution in [1.82, 2.24) is 8.61 Å². The van der Waals surface area contributed by atoms with Gasteiger partial charge in [-0.25, -0.2) is 0 Å². The first-order chi connectivity index (χ1) is 9.41. The smallest absolute Gasteiger partial charge is 0.282 e. The van der Waals surface area contributed by atoms with E-state index in [1.54, 1.807) is 7.11 Å². The minimum atomic E-state index is -3.42. The fourth-order valence-corrected chi connectivity index (χ4v) is 4.18. The van der Waals surface area contributed by atoms with Crippen molar-refractivity contribution in [3.63, 3.8) is 0 Å². The van der Waals surface area contributed by atoms with Gasteiger partial charge in [0.1, 0.15) is 0 Å². The second-order valence-corrected chi connectivity index (χ2v) is 7.71. The molecular formula is C13H28N2O4S. The maximum atomic E-state index is 12.7. The highest BCUT2D eigenvalue weighted by molar-refractivity contribution is 7.86. The van der Waals surface area contributed by atoms with Crippen LogP contribution >= 0.6 is 0 Å². The largest absolute Gasteiger partial charge is 0.396 e. The number of rotatable bonds is 8. The first-order valence-corrected chi connectivity index (χ1v) is 8.66. The molecule has 7 heteroatoms. The highest BCUT2D eigenvalue weighted by Crippen LogP contribution is 2.21. The van der Waals surface area contributed by atoms with Crippen molar-refractivity contribution in [3.8, 4) is 0 Å². The summed E-state index contributed by atoms with van der Waals surface area (Å²) in [6, 6.07) is 0. The Morgan fingerprint density at radius 2 is 1.95 bits per heavy atom.